The molecule has 2 aliphatic heterocycles. The molecule has 4 heterocycles. The molecule has 11 nitrogen and oxygen atoms in total. The van der Waals surface area contributed by atoms with Gasteiger partial charge < -0.3 is 19.7 Å². The first kappa shape index (κ1) is 27.8. The van der Waals surface area contributed by atoms with Crippen LogP contribution >= 0.6 is 0 Å². The number of amides is 1. The molecule has 2 atom stereocenters. The van der Waals surface area contributed by atoms with Crippen LogP contribution in [0.3, 0.4) is 0 Å². The van der Waals surface area contributed by atoms with Crippen LogP contribution in [0.25, 0.3) is 22.3 Å². The molecule has 1 aliphatic carbocycles. The van der Waals surface area contributed by atoms with Gasteiger partial charge in [-0.05, 0) is 54.5 Å². The maximum Gasteiger partial charge on any atom is 0.343 e. The first-order chi connectivity index (χ1) is 21.0. The Hall–Kier alpha value is -4.97. The molecule has 0 unspecified atom stereocenters. The van der Waals surface area contributed by atoms with Crippen molar-refractivity contribution in [1.29, 1.82) is 0 Å². The van der Waals surface area contributed by atoms with E-state index >= 15 is 4.39 Å². The molecule has 44 heavy (non-hydrogen) atoms. The molecule has 0 saturated carbocycles. The van der Waals surface area contributed by atoms with Crippen molar-refractivity contribution in [3.8, 4) is 11.4 Å². The van der Waals surface area contributed by atoms with E-state index in [4.69, 9.17) is 9.72 Å². The maximum atomic E-state index is 15.1. The highest BCUT2D eigenvalue weighted by atomic mass is 19.1. The first-order valence-corrected chi connectivity index (χ1v) is 14.4. The van der Waals surface area contributed by atoms with E-state index in [-0.39, 0.29) is 48.7 Å². The van der Waals surface area contributed by atoms with Crippen molar-refractivity contribution in [3.05, 3.63) is 102 Å². The highest BCUT2D eigenvalue weighted by Crippen LogP contribution is 2.46. The molecule has 0 radical (unpaired) electrons. The summed E-state index contributed by atoms with van der Waals surface area (Å²) in [6, 6.07) is 8.27. The number of nitro benzene ring substituents is 1. The van der Waals surface area contributed by atoms with Gasteiger partial charge >= 0.3 is 5.97 Å². The molecule has 0 fully saturated rings. The van der Waals surface area contributed by atoms with Gasteiger partial charge in [0.1, 0.15) is 12.4 Å². The third kappa shape index (κ3) is 3.97. The molecular weight excluding hydrogens is 571 g/mol. The van der Waals surface area contributed by atoms with Crippen molar-refractivity contribution >= 4 is 28.5 Å². The van der Waals surface area contributed by atoms with Gasteiger partial charge in [0, 0.05) is 34.7 Å². The standard InChI is InChI=1S/C32H27FN4O7/c1-3-32(41)21-11-25-29-19(13-36(25)30(39)20(21)14-44-31(32)40)28-23(9-8-18-15(2)22(33)12-24(35-29)27(18)28)34-26(38)10-16-4-6-17(7-5-16)37(42)43/h4-7,11-12,23,41H,3,8-10,13-14H2,1-2H3,(H,34,38)/t23-,32-/m0/s1. The van der Waals surface area contributed by atoms with Gasteiger partial charge in [0.15, 0.2) is 5.60 Å². The number of fused-ring (bicyclic) bond motifs is 5. The number of aromatic nitrogens is 2. The van der Waals surface area contributed by atoms with Crippen molar-refractivity contribution in [2.75, 3.05) is 0 Å². The van der Waals surface area contributed by atoms with E-state index in [0.29, 0.717) is 46.4 Å². The number of halogens is 1. The van der Waals surface area contributed by atoms with Gasteiger partial charge in [0.2, 0.25) is 5.91 Å². The number of carbonyl (C=O) groups is 2. The molecule has 2 aromatic carbocycles. The molecule has 1 amide bonds. The van der Waals surface area contributed by atoms with E-state index in [0.717, 1.165) is 16.5 Å². The van der Waals surface area contributed by atoms with Gasteiger partial charge in [-0.3, -0.25) is 19.7 Å². The number of carbonyl (C=O) groups excluding carboxylic acids is 2. The van der Waals surface area contributed by atoms with Crippen LogP contribution in [0.2, 0.25) is 0 Å². The number of nitrogens with zero attached hydrogens (tertiary/aromatic N) is 3. The zero-order chi connectivity index (χ0) is 31.1. The topological polar surface area (TPSA) is 154 Å². The molecule has 4 aromatic rings. The number of esters is 1. The average Bonchev–Trinajstić information content (AvgIpc) is 3.37. The molecular formula is C32H27FN4O7. The van der Waals surface area contributed by atoms with E-state index in [9.17, 15) is 29.6 Å². The van der Waals surface area contributed by atoms with E-state index in [1.165, 1.54) is 22.8 Å². The van der Waals surface area contributed by atoms with Crippen LogP contribution in [0, 0.1) is 22.9 Å². The molecule has 224 valence electrons. The summed E-state index contributed by atoms with van der Waals surface area (Å²) in [4.78, 5) is 54.9. The molecule has 7 rings (SSSR count). The highest BCUT2D eigenvalue weighted by Gasteiger charge is 2.46. The maximum absolute atomic E-state index is 15.1. The van der Waals surface area contributed by atoms with Gasteiger partial charge in [0.25, 0.3) is 11.2 Å². The number of nitro groups is 1. The van der Waals surface area contributed by atoms with Crippen LogP contribution in [0.4, 0.5) is 10.1 Å². The summed E-state index contributed by atoms with van der Waals surface area (Å²) in [5.74, 6) is -1.53. The number of ether oxygens (including phenoxy) is 1. The number of aliphatic hydroxyl groups is 1. The highest BCUT2D eigenvalue weighted by molar-refractivity contribution is 5.94. The number of benzene rings is 2. The Kier molecular flexibility index (Phi) is 6.19. The lowest BCUT2D eigenvalue weighted by atomic mass is 9.81. The number of aryl methyl sites for hydroxylation is 1. The van der Waals surface area contributed by atoms with E-state index in [2.05, 4.69) is 5.32 Å². The van der Waals surface area contributed by atoms with Crippen molar-refractivity contribution in [1.82, 2.24) is 14.9 Å². The number of hydrogen-bond donors (Lipinski definition) is 2. The largest absolute Gasteiger partial charge is 0.458 e. The van der Waals surface area contributed by atoms with Gasteiger partial charge in [-0.2, -0.15) is 0 Å². The van der Waals surface area contributed by atoms with Crippen LogP contribution in [-0.2, 0) is 45.9 Å². The molecule has 12 heteroatoms. The average molecular weight is 599 g/mol. The number of cyclic esters (lactones) is 1. The number of non-ortho nitro benzene ring substituents is 1. The Bertz CT molecular complexity index is 2020. The summed E-state index contributed by atoms with van der Waals surface area (Å²) >= 11 is 0. The molecule has 0 bridgehead atoms. The fraction of sp³-hybridized carbons (Fsp3) is 0.312. The Labute approximate surface area is 249 Å². The second kappa shape index (κ2) is 9.78. The molecule has 3 aliphatic rings. The van der Waals surface area contributed by atoms with E-state index < -0.39 is 33.9 Å². The summed E-state index contributed by atoms with van der Waals surface area (Å²) in [6.07, 6.45) is 0.979. The number of nitrogens with one attached hydrogen (secondary N) is 1. The smallest absolute Gasteiger partial charge is 0.343 e. The number of pyridine rings is 2. The molecule has 2 N–H and O–H groups in total. The van der Waals surface area contributed by atoms with Gasteiger partial charge in [0.05, 0.1) is 46.4 Å². The van der Waals surface area contributed by atoms with Crippen molar-refractivity contribution in [2.45, 2.75) is 64.3 Å². The first-order valence-electron chi connectivity index (χ1n) is 14.4. The fourth-order valence-corrected chi connectivity index (χ4v) is 6.87. The minimum Gasteiger partial charge on any atom is -0.458 e. The van der Waals surface area contributed by atoms with Crippen LogP contribution < -0.4 is 10.9 Å². The van der Waals surface area contributed by atoms with Crippen molar-refractivity contribution in [2.24, 2.45) is 0 Å². The van der Waals surface area contributed by atoms with Gasteiger partial charge in [-0.15, -0.1) is 0 Å². The second-order valence-corrected chi connectivity index (χ2v) is 11.6. The lowest BCUT2D eigenvalue weighted by Crippen LogP contribution is -2.44. The Morgan fingerprint density at radius 3 is 2.68 bits per heavy atom. The normalized spacial score (nSPS) is 19.6. The van der Waals surface area contributed by atoms with Gasteiger partial charge in [-0.25, -0.2) is 14.2 Å². The summed E-state index contributed by atoms with van der Waals surface area (Å²) in [6.45, 7) is 3.22. The summed E-state index contributed by atoms with van der Waals surface area (Å²) in [5, 5.41) is 26.1. The monoisotopic (exact) mass is 598 g/mol. The Balaban J connectivity index is 1.36. The van der Waals surface area contributed by atoms with Crippen LogP contribution in [0.15, 0.2) is 41.2 Å². The zero-order valence-electron chi connectivity index (χ0n) is 23.9. The lowest BCUT2D eigenvalue weighted by molar-refractivity contribution is -0.384. The predicted octanol–water partition coefficient (Wildman–Crippen LogP) is 3.78. The molecule has 2 aromatic heterocycles. The lowest BCUT2D eigenvalue weighted by Gasteiger charge is -2.31. The van der Waals surface area contributed by atoms with E-state index in [1.807, 2.05) is 0 Å². The van der Waals surface area contributed by atoms with Crippen molar-refractivity contribution in [3.63, 3.8) is 0 Å². The minimum absolute atomic E-state index is 0.00168. The minimum atomic E-state index is -1.99. The quantitative estimate of drug-likeness (QED) is 0.176. The fourth-order valence-electron chi connectivity index (χ4n) is 6.87. The van der Waals surface area contributed by atoms with Crippen LogP contribution in [-0.4, -0.2) is 31.5 Å². The van der Waals surface area contributed by atoms with Crippen LogP contribution in [0.1, 0.15) is 64.8 Å². The Morgan fingerprint density at radius 2 is 1.98 bits per heavy atom. The predicted molar refractivity (Wildman–Crippen MR) is 155 cm³/mol. The Morgan fingerprint density at radius 1 is 1.23 bits per heavy atom. The van der Waals surface area contributed by atoms with Crippen LogP contribution in [0.5, 0.6) is 0 Å². The summed E-state index contributed by atoms with van der Waals surface area (Å²) in [5.41, 5.74) is 2.48. The number of hydrogen-bond acceptors (Lipinski definition) is 8. The third-order valence-electron chi connectivity index (χ3n) is 9.23. The molecule has 0 spiro atoms. The summed E-state index contributed by atoms with van der Waals surface area (Å²) < 4.78 is 21.8. The van der Waals surface area contributed by atoms with Crippen molar-refractivity contribution < 1.29 is 28.7 Å². The second-order valence-electron chi connectivity index (χ2n) is 11.6. The third-order valence-corrected chi connectivity index (χ3v) is 9.23. The zero-order valence-corrected chi connectivity index (χ0v) is 23.9. The van der Waals surface area contributed by atoms with Gasteiger partial charge in [-0.1, -0.05) is 19.1 Å². The number of rotatable bonds is 5. The van der Waals surface area contributed by atoms with E-state index in [1.54, 1.807) is 32.0 Å². The SMILES string of the molecule is CC[C@@]1(O)C(=O)OCc2c1cc1n(c2=O)Cc2c-1nc1cc(F)c(C)c3c1c2[C@@H](NC(=O)Cc1ccc([N+](=O)[O-])cc1)CC3. The molecule has 0 saturated heterocycles. The summed E-state index contributed by atoms with van der Waals surface area (Å²) in [7, 11) is 0.